The van der Waals surface area contributed by atoms with E-state index in [9.17, 15) is 0 Å². The van der Waals surface area contributed by atoms with Crippen molar-refractivity contribution < 1.29 is 0 Å². The lowest BCUT2D eigenvalue weighted by Gasteiger charge is -2.21. The molecule has 0 aliphatic rings. The average Bonchev–Trinajstić information content (AvgIpc) is 2.30. The minimum absolute atomic E-state index is 0.654. The SMILES string of the molecule is CCCSCC(N)(C#N)c1ccccc1. The van der Waals surface area contributed by atoms with Crippen molar-refractivity contribution in [2.45, 2.75) is 18.9 Å². The van der Waals surface area contributed by atoms with E-state index in [1.54, 1.807) is 11.8 Å². The van der Waals surface area contributed by atoms with Gasteiger partial charge in [-0.1, -0.05) is 37.3 Å². The summed E-state index contributed by atoms with van der Waals surface area (Å²) in [7, 11) is 0. The first-order chi connectivity index (χ1) is 7.23. The van der Waals surface area contributed by atoms with Crippen LogP contribution in [0.4, 0.5) is 0 Å². The van der Waals surface area contributed by atoms with Gasteiger partial charge in [0.05, 0.1) is 6.07 Å². The fourth-order valence-electron chi connectivity index (χ4n) is 1.29. The normalized spacial score (nSPS) is 14.2. The van der Waals surface area contributed by atoms with Gasteiger partial charge in [-0.15, -0.1) is 0 Å². The third-order valence-electron chi connectivity index (χ3n) is 2.17. The Kier molecular flexibility index (Phi) is 4.67. The summed E-state index contributed by atoms with van der Waals surface area (Å²) >= 11 is 1.73. The predicted molar refractivity (Wildman–Crippen MR) is 65.5 cm³/mol. The second-order valence-electron chi connectivity index (χ2n) is 3.50. The number of benzene rings is 1. The summed E-state index contributed by atoms with van der Waals surface area (Å²) in [5.41, 5.74) is 6.13. The van der Waals surface area contributed by atoms with Crippen LogP contribution in [0.1, 0.15) is 18.9 Å². The van der Waals surface area contributed by atoms with Gasteiger partial charge in [-0.2, -0.15) is 17.0 Å². The number of nitriles is 1. The highest BCUT2D eigenvalue weighted by Gasteiger charge is 2.26. The molecule has 0 heterocycles. The van der Waals surface area contributed by atoms with Crippen molar-refractivity contribution >= 4 is 11.8 Å². The first kappa shape index (κ1) is 12.1. The van der Waals surface area contributed by atoms with E-state index in [0.717, 1.165) is 17.7 Å². The van der Waals surface area contributed by atoms with Crippen LogP contribution < -0.4 is 5.73 Å². The highest BCUT2D eigenvalue weighted by molar-refractivity contribution is 7.99. The van der Waals surface area contributed by atoms with Crippen LogP contribution in [-0.4, -0.2) is 11.5 Å². The molecule has 0 aliphatic carbocycles. The molecular weight excluding hydrogens is 204 g/mol. The number of hydrogen-bond acceptors (Lipinski definition) is 3. The molecule has 1 atom stereocenters. The molecule has 0 bridgehead atoms. The van der Waals surface area contributed by atoms with Gasteiger partial charge in [-0.25, -0.2) is 0 Å². The third kappa shape index (κ3) is 3.26. The molecule has 0 fully saturated rings. The van der Waals surface area contributed by atoms with Gasteiger partial charge in [0.15, 0.2) is 0 Å². The van der Waals surface area contributed by atoms with Crippen LogP contribution in [-0.2, 0) is 5.54 Å². The third-order valence-corrected chi connectivity index (χ3v) is 3.52. The summed E-state index contributed by atoms with van der Waals surface area (Å²) in [5.74, 6) is 1.70. The molecule has 1 unspecified atom stereocenters. The van der Waals surface area contributed by atoms with Crippen LogP contribution in [0.15, 0.2) is 30.3 Å². The fraction of sp³-hybridized carbons (Fsp3) is 0.417. The number of thioether (sulfide) groups is 1. The van der Waals surface area contributed by atoms with Crippen LogP contribution in [0.2, 0.25) is 0 Å². The standard InChI is InChI=1S/C12H16N2S/c1-2-8-15-10-12(14,9-13)11-6-4-3-5-7-11/h3-7H,2,8,10,14H2,1H3. The Labute approximate surface area is 95.5 Å². The van der Waals surface area contributed by atoms with Crippen LogP contribution in [0.3, 0.4) is 0 Å². The second kappa shape index (κ2) is 5.79. The molecule has 0 aliphatic heterocycles. The van der Waals surface area contributed by atoms with Gasteiger partial charge in [-0.05, 0) is 17.7 Å². The van der Waals surface area contributed by atoms with Gasteiger partial charge in [0.2, 0.25) is 0 Å². The maximum absolute atomic E-state index is 9.15. The molecule has 1 rings (SSSR count). The van der Waals surface area contributed by atoms with E-state index in [0.29, 0.717) is 5.75 Å². The molecule has 0 saturated heterocycles. The van der Waals surface area contributed by atoms with Crippen molar-refractivity contribution in [3.63, 3.8) is 0 Å². The Balaban J connectivity index is 2.73. The molecule has 3 heteroatoms. The molecule has 15 heavy (non-hydrogen) atoms. The lowest BCUT2D eigenvalue weighted by molar-refractivity contribution is 0.658. The van der Waals surface area contributed by atoms with Crippen LogP contribution in [0.25, 0.3) is 0 Å². The number of nitrogens with zero attached hydrogens (tertiary/aromatic N) is 1. The van der Waals surface area contributed by atoms with Crippen molar-refractivity contribution in [2.24, 2.45) is 5.73 Å². The van der Waals surface area contributed by atoms with E-state index in [2.05, 4.69) is 13.0 Å². The Hall–Kier alpha value is -0.980. The van der Waals surface area contributed by atoms with Crippen molar-refractivity contribution in [1.29, 1.82) is 5.26 Å². The minimum atomic E-state index is -0.846. The summed E-state index contributed by atoms with van der Waals surface area (Å²) in [6.07, 6.45) is 1.11. The Morgan fingerprint density at radius 1 is 1.40 bits per heavy atom. The van der Waals surface area contributed by atoms with Crippen LogP contribution in [0, 0.1) is 11.3 Å². The van der Waals surface area contributed by atoms with E-state index in [1.165, 1.54) is 0 Å². The van der Waals surface area contributed by atoms with Crippen molar-refractivity contribution in [1.82, 2.24) is 0 Å². The smallest absolute Gasteiger partial charge is 0.138 e. The molecule has 2 nitrogen and oxygen atoms in total. The largest absolute Gasteiger partial charge is 0.309 e. The predicted octanol–water partition coefficient (Wildman–Crippen LogP) is 2.51. The number of rotatable bonds is 5. The zero-order valence-electron chi connectivity index (χ0n) is 8.94. The molecule has 80 valence electrons. The van der Waals surface area contributed by atoms with Gasteiger partial charge in [0, 0.05) is 5.75 Å². The first-order valence-electron chi connectivity index (χ1n) is 5.06. The molecule has 0 amide bonds. The van der Waals surface area contributed by atoms with Gasteiger partial charge in [-0.3, -0.25) is 0 Å². The first-order valence-corrected chi connectivity index (χ1v) is 6.22. The summed E-state index contributed by atoms with van der Waals surface area (Å²) in [6.45, 7) is 2.13. The molecule has 2 N–H and O–H groups in total. The maximum Gasteiger partial charge on any atom is 0.138 e. The molecule has 0 saturated carbocycles. The Morgan fingerprint density at radius 3 is 2.60 bits per heavy atom. The summed E-state index contributed by atoms with van der Waals surface area (Å²) in [4.78, 5) is 0. The average molecular weight is 220 g/mol. The molecule has 1 aromatic carbocycles. The highest BCUT2D eigenvalue weighted by atomic mass is 32.2. The Morgan fingerprint density at radius 2 is 2.07 bits per heavy atom. The van der Waals surface area contributed by atoms with Gasteiger partial charge >= 0.3 is 0 Å². The maximum atomic E-state index is 9.15. The van der Waals surface area contributed by atoms with E-state index >= 15 is 0 Å². The van der Waals surface area contributed by atoms with E-state index < -0.39 is 5.54 Å². The zero-order chi connectivity index (χ0) is 11.1. The van der Waals surface area contributed by atoms with Gasteiger partial charge in [0.1, 0.15) is 5.54 Å². The molecule has 0 radical (unpaired) electrons. The molecule has 0 spiro atoms. The van der Waals surface area contributed by atoms with Crippen LogP contribution in [0.5, 0.6) is 0 Å². The zero-order valence-corrected chi connectivity index (χ0v) is 9.76. The lowest BCUT2D eigenvalue weighted by Crippen LogP contribution is -2.37. The van der Waals surface area contributed by atoms with E-state index in [1.807, 2.05) is 30.3 Å². The van der Waals surface area contributed by atoms with Crippen molar-refractivity contribution in [2.75, 3.05) is 11.5 Å². The monoisotopic (exact) mass is 220 g/mol. The second-order valence-corrected chi connectivity index (χ2v) is 4.61. The molecule has 1 aromatic rings. The topological polar surface area (TPSA) is 49.8 Å². The lowest BCUT2D eigenvalue weighted by atomic mass is 9.95. The quantitative estimate of drug-likeness (QED) is 0.776. The Bertz CT molecular complexity index is 331. The van der Waals surface area contributed by atoms with Crippen LogP contribution >= 0.6 is 11.8 Å². The van der Waals surface area contributed by atoms with Gasteiger partial charge < -0.3 is 5.73 Å². The van der Waals surface area contributed by atoms with E-state index in [-0.39, 0.29) is 0 Å². The van der Waals surface area contributed by atoms with Crippen molar-refractivity contribution in [3.8, 4) is 6.07 Å². The molecule has 0 aromatic heterocycles. The number of hydrogen-bond donors (Lipinski definition) is 1. The molecular formula is C12H16N2S. The van der Waals surface area contributed by atoms with E-state index in [4.69, 9.17) is 11.0 Å². The van der Waals surface area contributed by atoms with Crippen molar-refractivity contribution in [3.05, 3.63) is 35.9 Å². The number of nitrogens with two attached hydrogens (primary N) is 1. The summed E-state index contributed by atoms with van der Waals surface area (Å²) < 4.78 is 0. The fourth-order valence-corrected chi connectivity index (χ4v) is 2.28. The summed E-state index contributed by atoms with van der Waals surface area (Å²) in [5, 5.41) is 9.15. The highest BCUT2D eigenvalue weighted by Crippen LogP contribution is 2.22. The summed E-state index contributed by atoms with van der Waals surface area (Å²) in [6, 6.07) is 11.8. The minimum Gasteiger partial charge on any atom is -0.309 e. The van der Waals surface area contributed by atoms with Gasteiger partial charge in [0.25, 0.3) is 0 Å².